The highest BCUT2D eigenvalue weighted by atomic mass is 16.7. The molecule has 2 aromatic rings. The number of esters is 1. The molecule has 6 atom stereocenters. The van der Waals surface area contributed by atoms with Gasteiger partial charge in [-0.2, -0.15) is 0 Å². The number of carbonyl (C=O) groups is 1. The van der Waals surface area contributed by atoms with Gasteiger partial charge in [0.15, 0.2) is 0 Å². The van der Waals surface area contributed by atoms with Gasteiger partial charge in [0.05, 0.1) is 23.5 Å². The van der Waals surface area contributed by atoms with E-state index in [1.807, 2.05) is 12.3 Å². The Labute approximate surface area is 179 Å². The second kappa shape index (κ2) is 6.67. The van der Waals surface area contributed by atoms with E-state index in [2.05, 4.69) is 25.8 Å². The van der Waals surface area contributed by atoms with Gasteiger partial charge in [0, 0.05) is 23.8 Å². The number of aliphatic imine (C=N–C) groups is 1. The molecule has 0 spiro atoms. The number of aromatic amines is 1. The van der Waals surface area contributed by atoms with Crippen LogP contribution in [0.3, 0.4) is 0 Å². The number of nitrogens with one attached hydrogen (secondary N) is 3. The Hall–Kier alpha value is -2.65. The minimum atomic E-state index is -1.65. The fourth-order valence-corrected chi connectivity index (χ4v) is 6.62. The van der Waals surface area contributed by atoms with Crippen LogP contribution < -0.4 is 10.8 Å². The SMILES string of the molecule is CCOC(=O)C1(c2cnc3[nH]ccc3c2N[C@H]2[C@@H]3CC4C[C@H]2C[C@@](O)(C4)C3)N=CNO1. The van der Waals surface area contributed by atoms with Crippen molar-refractivity contribution in [1.82, 2.24) is 15.4 Å². The maximum absolute atomic E-state index is 13.0. The lowest BCUT2D eigenvalue weighted by atomic mass is 9.52. The van der Waals surface area contributed by atoms with Crippen LogP contribution >= 0.6 is 0 Å². The van der Waals surface area contributed by atoms with E-state index >= 15 is 0 Å². The first-order valence-corrected chi connectivity index (χ1v) is 11.1. The van der Waals surface area contributed by atoms with E-state index in [4.69, 9.17) is 9.57 Å². The third-order valence-electron chi connectivity index (χ3n) is 7.56. The predicted molar refractivity (Wildman–Crippen MR) is 113 cm³/mol. The highest BCUT2D eigenvalue weighted by molar-refractivity contribution is 5.96. The van der Waals surface area contributed by atoms with Gasteiger partial charge in [-0.1, -0.05) is 0 Å². The lowest BCUT2D eigenvalue weighted by Gasteiger charge is -2.58. The average molecular weight is 425 g/mol. The molecule has 9 heteroatoms. The number of hydrogen-bond donors (Lipinski definition) is 4. The second-order valence-corrected chi connectivity index (χ2v) is 9.49. The van der Waals surface area contributed by atoms with Crippen LogP contribution in [-0.4, -0.2) is 45.6 Å². The summed E-state index contributed by atoms with van der Waals surface area (Å²) in [7, 11) is 0. The van der Waals surface area contributed by atoms with Gasteiger partial charge >= 0.3 is 11.7 Å². The van der Waals surface area contributed by atoms with Crippen LogP contribution in [0.5, 0.6) is 0 Å². The van der Waals surface area contributed by atoms with E-state index in [1.165, 1.54) is 6.34 Å². The number of rotatable bonds is 5. The fraction of sp³-hybridized carbons (Fsp3) is 0.591. The normalized spacial score (nSPS) is 37.9. The summed E-state index contributed by atoms with van der Waals surface area (Å²) in [6.07, 6.45) is 9.68. The maximum atomic E-state index is 13.0. The van der Waals surface area contributed by atoms with Crippen molar-refractivity contribution in [2.75, 3.05) is 11.9 Å². The highest BCUT2D eigenvalue weighted by Gasteiger charge is 2.55. The summed E-state index contributed by atoms with van der Waals surface area (Å²) >= 11 is 0. The van der Waals surface area contributed by atoms with Crippen LogP contribution in [0.15, 0.2) is 23.5 Å². The highest BCUT2D eigenvalue weighted by Crippen LogP contribution is 2.56. The number of ether oxygens (including phenoxy) is 1. The van der Waals surface area contributed by atoms with Crippen LogP contribution in [0.4, 0.5) is 5.69 Å². The molecular weight excluding hydrogens is 398 g/mol. The molecule has 0 aromatic carbocycles. The summed E-state index contributed by atoms with van der Waals surface area (Å²) in [5.74, 6) is 0.824. The lowest BCUT2D eigenvalue weighted by Crippen LogP contribution is -2.59. The number of aromatic nitrogens is 2. The van der Waals surface area contributed by atoms with Crippen molar-refractivity contribution in [3.63, 3.8) is 0 Å². The molecule has 0 saturated heterocycles. The number of anilines is 1. The molecule has 3 heterocycles. The molecule has 2 aromatic heterocycles. The van der Waals surface area contributed by atoms with Gasteiger partial charge in [0.1, 0.15) is 12.0 Å². The van der Waals surface area contributed by atoms with Gasteiger partial charge in [-0.05, 0) is 62.8 Å². The van der Waals surface area contributed by atoms with Crippen molar-refractivity contribution in [3.05, 3.63) is 24.0 Å². The Morgan fingerprint density at radius 1 is 1.35 bits per heavy atom. The van der Waals surface area contributed by atoms with Crippen LogP contribution in [0.1, 0.15) is 44.6 Å². The Morgan fingerprint density at radius 2 is 2.16 bits per heavy atom. The first-order valence-electron chi connectivity index (χ1n) is 11.1. The third kappa shape index (κ3) is 2.79. The Balaban J connectivity index is 1.44. The quantitative estimate of drug-likeness (QED) is 0.542. The predicted octanol–water partition coefficient (Wildman–Crippen LogP) is 2.19. The second-order valence-electron chi connectivity index (χ2n) is 9.49. The van der Waals surface area contributed by atoms with E-state index in [0.29, 0.717) is 23.3 Å². The van der Waals surface area contributed by atoms with Crippen LogP contribution in [0, 0.1) is 17.8 Å². The summed E-state index contributed by atoms with van der Waals surface area (Å²) in [5, 5.41) is 15.6. The Bertz CT molecular complexity index is 1050. The maximum Gasteiger partial charge on any atom is 0.369 e. The number of hydrogen-bond acceptors (Lipinski definition) is 8. The van der Waals surface area contributed by atoms with E-state index in [0.717, 1.165) is 48.8 Å². The molecule has 4 saturated carbocycles. The van der Waals surface area contributed by atoms with Gasteiger partial charge in [0.2, 0.25) is 0 Å². The number of pyridine rings is 1. The molecule has 164 valence electrons. The van der Waals surface area contributed by atoms with Crippen LogP contribution in [0.25, 0.3) is 11.0 Å². The number of hydroxylamine groups is 1. The molecule has 31 heavy (non-hydrogen) atoms. The number of fused-ring (bicyclic) bond motifs is 1. The summed E-state index contributed by atoms with van der Waals surface area (Å²) in [6.45, 7) is 1.97. The molecule has 9 nitrogen and oxygen atoms in total. The molecule has 4 N–H and O–H groups in total. The van der Waals surface area contributed by atoms with Crippen molar-refractivity contribution < 1.29 is 19.5 Å². The van der Waals surface area contributed by atoms with Gasteiger partial charge in [-0.15, -0.1) is 0 Å². The molecule has 4 aliphatic carbocycles. The molecule has 1 aliphatic heterocycles. The van der Waals surface area contributed by atoms with Crippen molar-refractivity contribution in [3.8, 4) is 0 Å². The minimum Gasteiger partial charge on any atom is -0.462 e. The first kappa shape index (κ1) is 19.1. The number of nitrogens with zero attached hydrogens (tertiary/aromatic N) is 2. The number of aliphatic hydroxyl groups is 1. The van der Waals surface area contributed by atoms with Crippen molar-refractivity contribution in [1.29, 1.82) is 0 Å². The van der Waals surface area contributed by atoms with Crippen molar-refractivity contribution in [2.45, 2.75) is 56.4 Å². The van der Waals surface area contributed by atoms with E-state index < -0.39 is 17.3 Å². The zero-order valence-corrected chi connectivity index (χ0v) is 17.4. The third-order valence-corrected chi connectivity index (χ3v) is 7.56. The van der Waals surface area contributed by atoms with Gasteiger partial charge in [0.25, 0.3) is 0 Å². The van der Waals surface area contributed by atoms with E-state index in [9.17, 15) is 9.90 Å². The largest absolute Gasteiger partial charge is 0.462 e. The average Bonchev–Trinajstić information content (AvgIpc) is 3.40. The minimum absolute atomic E-state index is 0.216. The molecule has 4 bridgehead atoms. The standard InChI is InChI=1S/C22H27N5O4/c1-2-30-20(28)22(25-11-26-31-22)16-10-24-19-15(3-4-23-19)18(16)27-17-13-5-12-6-14(17)9-21(29,7-12)8-13/h3-4,10-14,17,29H,2,5-9H2,1H3,(H,25,26)(H2,23,24,27)/t12?,13-,14+,17+,21-,22?. The molecular formula is C22H27N5O4. The topological polar surface area (TPSA) is 121 Å². The Morgan fingerprint density at radius 3 is 2.84 bits per heavy atom. The van der Waals surface area contributed by atoms with Crippen molar-refractivity contribution >= 4 is 29.0 Å². The fourth-order valence-electron chi connectivity index (χ4n) is 6.62. The van der Waals surface area contributed by atoms with Crippen LogP contribution in [-0.2, 0) is 20.1 Å². The zero-order valence-electron chi connectivity index (χ0n) is 17.4. The van der Waals surface area contributed by atoms with E-state index in [1.54, 1.807) is 13.1 Å². The van der Waals surface area contributed by atoms with E-state index in [-0.39, 0.29) is 12.6 Å². The van der Waals surface area contributed by atoms with Crippen molar-refractivity contribution in [2.24, 2.45) is 22.7 Å². The summed E-state index contributed by atoms with van der Waals surface area (Å²) in [6, 6.07) is 2.16. The summed E-state index contributed by atoms with van der Waals surface area (Å²) in [5.41, 5.74) is 2.46. The van der Waals surface area contributed by atoms with Gasteiger partial charge < -0.3 is 20.1 Å². The molecule has 0 radical (unpaired) electrons. The van der Waals surface area contributed by atoms with Gasteiger partial charge in [-0.3, -0.25) is 5.48 Å². The number of H-pyrrole nitrogens is 1. The molecule has 2 unspecified atom stereocenters. The lowest BCUT2D eigenvalue weighted by molar-refractivity contribution is -0.175. The Kier molecular flexibility index (Phi) is 4.10. The van der Waals surface area contributed by atoms with Crippen LogP contribution in [0.2, 0.25) is 0 Å². The molecule has 5 aliphatic rings. The first-order chi connectivity index (χ1) is 15.0. The monoisotopic (exact) mass is 425 g/mol. The smallest absolute Gasteiger partial charge is 0.369 e. The zero-order chi connectivity index (χ0) is 21.2. The molecule has 0 amide bonds. The summed E-state index contributed by atoms with van der Waals surface area (Å²) < 4.78 is 5.32. The number of carbonyl (C=O) groups excluding carboxylic acids is 1. The van der Waals surface area contributed by atoms with Gasteiger partial charge in [-0.25, -0.2) is 19.6 Å². The molecule has 7 rings (SSSR count). The molecule has 4 fully saturated rings. The summed E-state index contributed by atoms with van der Waals surface area (Å²) in [4.78, 5) is 30.6.